The van der Waals surface area contributed by atoms with E-state index in [1.807, 2.05) is 0 Å². The Bertz CT molecular complexity index is 991. The van der Waals surface area contributed by atoms with E-state index >= 15 is 0 Å². The van der Waals surface area contributed by atoms with Gasteiger partial charge in [0.15, 0.2) is 0 Å². The van der Waals surface area contributed by atoms with Gasteiger partial charge in [-0.3, -0.25) is 9.36 Å². The number of benzene rings is 1. The number of anilines is 2. The summed E-state index contributed by atoms with van der Waals surface area (Å²) >= 11 is 0. The fraction of sp³-hybridized carbons (Fsp3) is 0.500. The van der Waals surface area contributed by atoms with Crippen molar-refractivity contribution in [2.75, 3.05) is 42.6 Å². The van der Waals surface area contributed by atoms with E-state index in [4.69, 9.17) is 4.74 Å². The molecule has 0 saturated carbocycles. The number of aromatic nitrogens is 2. The molecular weight excluding hydrogens is 417 g/mol. The van der Waals surface area contributed by atoms with Crippen LogP contribution in [0.3, 0.4) is 0 Å². The van der Waals surface area contributed by atoms with E-state index in [9.17, 15) is 28.2 Å². The van der Waals surface area contributed by atoms with Gasteiger partial charge in [-0.25, -0.2) is 0 Å². The number of β-amino-alcohol motifs (C(OH)–C–C–N with tert-alkyl or cyclic N) is 1. The molecule has 2 aliphatic rings. The second-order valence-electron chi connectivity index (χ2n) is 7.61. The molecule has 2 aromatic rings. The Balaban J connectivity index is 1.73. The molecule has 3 heterocycles. The zero-order valence-corrected chi connectivity index (χ0v) is 16.6. The number of aromatic hydroxyl groups is 1. The Morgan fingerprint density at radius 3 is 2.61 bits per heavy atom. The van der Waals surface area contributed by atoms with Crippen molar-refractivity contribution in [2.24, 2.45) is 0 Å². The average molecular weight is 440 g/mol. The van der Waals surface area contributed by atoms with E-state index in [1.54, 1.807) is 4.90 Å². The van der Waals surface area contributed by atoms with Crippen LogP contribution >= 0.6 is 0 Å². The molecule has 11 heteroatoms. The van der Waals surface area contributed by atoms with Crippen LogP contribution in [0.5, 0.6) is 5.75 Å². The number of nitrogens with zero attached hydrogens (tertiary/aromatic N) is 4. The van der Waals surface area contributed by atoms with Gasteiger partial charge >= 0.3 is 6.18 Å². The van der Waals surface area contributed by atoms with Crippen LogP contribution in [-0.2, 0) is 11.3 Å². The molecule has 0 bridgehead atoms. The van der Waals surface area contributed by atoms with Crippen LogP contribution in [-0.4, -0.2) is 64.8 Å². The van der Waals surface area contributed by atoms with Crippen LogP contribution in [0.1, 0.15) is 18.1 Å². The van der Waals surface area contributed by atoms with Crippen LogP contribution in [0.25, 0.3) is 0 Å². The monoisotopic (exact) mass is 440 g/mol. The number of fused-ring (bicyclic) bond motifs is 1. The SMILES string of the molecule is O=c1cc(N2CCOCC2)nc2n1CCC(C(F)(F)F)N2C[C@@H](O)c1cccc(O)c1. The Morgan fingerprint density at radius 2 is 1.94 bits per heavy atom. The molecule has 2 atom stereocenters. The number of alkyl halides is 3. The van der Waals surface area contributed by atoms with Crippen molar-refractivity contribution in [3.05, 3.63) is 46.2 Å². The molecule has 4 rings (SSSR count). The maximum Gasteiger partial charge on any atom is 0.408 e. The van der Waals surface area contributed by atoms with Crippen molar-refractivity contribution in [3.63, 3.8) is 0 Å². The summed E-state index contributed by atoms with van der Waals surface area (Å²) in [5.41, 5.74) is -0.173. The number of phenols is 1. The highest BCUT2D eigenvalue weighted by Crippen LogP contribution is 2.35. The summed E-state index contributed by atoms with van der Waals surface area (Å²) in [6.07, 6.45) is -6.23. The molecule has 1 fully saturated rings. The Morgan fingerprint density at radius 1 is 1.19 bits per heavy atom. The van der Waals surface area contributed by atoms with E-state index in [1.165, 1.54) is 34.9 Å². The fourth-order valence-corrected chi connectivity index (χ4v) is 3.99. The predicted molar refractivity (Wildman–Crippen MR) is 106 cm³/mol. The molecule has 31 heavy (non-hydrogen) atoms. The predicted octanol–water partition coefficient (Wildman–Crippen LogP) is 1.66. The third-order valence-electron chi connectivity index (χ3n) is 5.57. The highest BCUT2D eigenvalue weighted by Gasteiger charge is 2.47. The topological polar surface area (TPSA) is 91.1 Å². The van der Waals surface area contributed by atoms with Gasteiger partial charge in [-0.05, 0) is 24.1 Å². The number of rotatable bonds is 4. The third kappa shape index (κ3) is 4.47. The minimum atomic E-state index is -4.57. The molecule has 168 valence electrons. The van der Waals surface area contributed by atoms with Crippen molar-refractivity contribution in [3.8, 4) is 5.75 Å². The second-order valence-corrected chi connectivity index (χ2v) is 7.61. The molecule has 1 aromatic heterocycles. The van der Waals surface area contributed by atoms with E-state index in [-0.39, 0.29) is 30.2 Å². The molecular formula is C20H23F3N4O4. The Hall–Kier alpha value is -2.79. The number of aliphatic hydroxyl groups is 1. The van der Waals surface area contributed by atoms with E-state index in [0.717, 1.165) is 4.90 Å². The summed E-state index contributed by atoms with van der Waals surface area (Å²) in [6.45, 7) is 1.27. The minimum absolute atomic E-state index is 0.105. The summed E-state index contributed by atoms with van der Waals surface area (Å²) in [5.74, 6) is 0.0629. The molecule has 1 aromatic carbocycles. The number of halogens is 3. The van der Waals surface area contributed by atoms with Crippen LogP contribution in [0.4, 0.5) is 24.9 Å². The molecule has 2 aliphatic heterocycles. The Labute approximate surface area is 176 Å². The number of aliphatic hydroxyl groups excluding tert-OH is 1. The van der Waals surface area contributed by atoms with E-state index in [0.29, 0.717) is 32.1 Å². The lowest BCUT2D eigenvalue weighted by atomic mass is 10.1. The van der Waals surface area contributed by atoms with Crippen molar-refractivity contribution in [1.82, 2.24) is 9.55 Å². The lowest BCUT2D eigenvalue weighted by molar-refractivity contribution is -0.153. The van der Waals surface area contributed by atoms with E-state index < -0.39 is 30.4 Å². The number of hydrogen-bond acceptors (Lipinski definition) is 7. The molecule has 2 N–H and O–H groups in total. The average Bonchev–Trinajstić information content (AvgIpc) is 2.73. The van der Waals surface area contributed by atoms with Gasteiger partial charge in [0.1, 0.15) is 17.6 Å². The van der Waals surface area contributed by atoms with Crippen LogP contribution in [0, 0.1) is 0 Å². The summed E-state index contributed by atoms with van der Waals surface area (Å²) in [7, 11) is 0. The largest absolute Gasteiger partial charge is 0.508 e. The smallest absolute Gasteiger partial charge is 0.408 e. The minimum Gasteiger partial charge on any atom is -0.508 e. The summed E-state index contributed by atoms with van der Waals surface area (Å²) < 4.78 is 48.1. The van der Waals surface area contributed by atoms with Crippen molar-refractivity contribution >= 4 is 11.8 Å². The lowest BCUT2D eigenvalue weighted by Crippen LogP contribution is -2.53. The van der Waals surface area contributed by atoms with Crippen molar-refractivity contribution in [1.29, 1.82) is 0 Å². The first kappa shape index (κ1) is 21.4. The summed E-state index contributed by atoms with van der Waals surface area (Å²) in [4.78, 5) is 19.8. The number of phenolic OH excluding ortho intramolecular Hbond substituents is 1. The maximum absolute atomic E-state index is 13.9. The van der Waals surface area contributed by atoms with Gasteiger partial charge < -0.3 is 24.7 Å². The normalized spacial score (nSPS) is 20.5. The summed E-state index contributed by atoms with van der Waals surface area (Å²) in [5, 5.41) is 20.3. The number of hydrogen-bond donors (Lipinski definition) is 2. The number of morpholine rings is 1. The molecule has 1 unspecified atom stereocenters. The molecule has 0 spiro atoms. The maximum atomic E-state index is 13.9. The van der Waals surface area contributed by atoms with Gasteiger partial charge in [0.25, 0.3) is 5.56 Å². The second kappa shape index (κ2) is 8.39. The first-order valence-electron chi connectivity index (χ1n) is 9.99. The van der Waals surface area contributed by atoms with Crippen LogP contribution in [0.15, 0.2) is 35.1 Å². The zero-order valence-electron chi connectivity index (χ0n) is 16.6. The standard InChI is InChI=1S/C20H23F3N4O4/c21-20(22,23)16-4-5-26-18(30)11-17(25-6-8-31-9-7-25)24-19(26)27(16)12-15(29)13-2-1-3-14(28)10-13/h1-3,10-11,15-16,28-29H,4-9,12H2/t15-,16?/m1/s1. The van der Waals surface area contributed by atoms with E-state index in [2.05, 4.69) is 4.98 Å². The van der Waals surface area contributed by atoms with Gasteiger partial charge in [-0.2, -0.15) is 18.2 Å². The third-order valence-corrected chi connectivity index (χ3v) is 5.57. The van der Waals surface area contributed by atoms with Gasteiger partial charge in [0.05, 0.1) is 25.9 Å². The molecule has 1 saturated heterocycles. The molecule has 0 amide bonds. The van der Waals surface area contributed by atoms with Crippen molar-refractivity contribution in [2.45, 2.75) is 31.3 Å². The number of ether oxygens (including phenoxy) is 1. The Kier molecular flexibility index (Phi) is 5.80. The summed E-state index contributed by atoms with van der Waals surface area (Å²) in [6, 6.07) is 5.14. The fourth-order valence-electron chi connectivity index (χ4n) is 3.99. The van der Waals surface area contributed by atoms with Crippen LogP contribution in [0.2, 0.25) is 0 Å². The molecule has 8 nitrogen and oxygen atoms in total. The first-order chi connectivity index (χ1) is 14.7. The quantitative estimate of drug-likeness (QED) is 0.747. The molecule has 0 radical (unpaired) electrons. The zero-order chi connectivity index (χ0) is 22.2. The van der Waals surface area contributed by atoms with Gasteiger partial charge in [0, 0.05) is 25.7 Å². The van der Waals surface area contributed by atoms with Gasteiger partial charge in [0.2, 0.25) is 5.95 Å². The van der Waals surface area contributed by atoms with Crippen molar-refractivity contribution < 1.29 is 28.1 Å². The van der Waals surface area contributed by atoms with Gasteiger partial charge in [-0.1, -0.05) is 12.1 Å². The molecule has 0 aliphatic carbocycles. The highest BCUT2D eigenvalue weighted by molar-refractivity contribution is 5.47. The van der Waals surface area contributed by atoms with Crippen LogP contribution < -0.4 is 15.4 Å². The van der Waals surface area contributed by atoms with Gasteiger partial charge in [-0.15, -0.1) is 0 Å². The lowest BCUT2D eigenvalue weighted by Gasteiger charge is -2.40. The highest BCUT2D eigenvalue weighted by atomic mass is 19.4. The first-order valence-corrected chi connectivity index (χ1v) is 9.99.